The molecule has 0 aliphatic carbocycles. The Hall–Kier alpha value is -2.96. The number of carbonyl (C=O) groups excluding carboxylic acids is 1. The zero-order valence-corrected chi connectivity index (χ0v) is 18.1. The SMILES string of the molecule is CCCC(=O)NCc1ccc(NC[C@@](O)(c2cc(C(F)(F)F)cc(C(F)(F)F)c2)C(F)(F)F)cc1. The molecule has 1 atom stereocenters. The lowest BCUT2D eigenvalue weighted by molar-refractivity contribution is -0.261. The standard InChI is InChI=1S/C22H21F9N2O2/c1-2-3-18(34)32-11-13-4-6-17(7-5-13)33-12-19(35,22(29,30)31)14-8-15(20(23,24)25)10-16(9-14)21(26,27)28/h4-10,33,35H,2-3,11-12H2,1H3,(H,32,34)/t19-/m1/s1. The Kier molecular flexibility index (Phi) is 8.36. The first-order chi connectivity index (χ1) is 16.0. The van der Waals surface area contributed by atoms with Gasteiger partial charge in [0.15, 0.2) is 0 Å². The average Bonchev–Trinajstić information content (AvgIpc) is 2.74. The van der Waals surface area contributed by atoms with E-state index in [1.165, 1.54) is 24.3 Å². The molecule has 0 aliphatic rings. The molecule has 13 heteroatoms. The van der Waals surface area contributed by atoms with Gasteiger partial charge in [-0.25, -0.2) is 0 Å². The van der Waals surface area contributed by atoms with Crippen LogP contribution in [0, 0.1) is 0 Å². The molecule has 0 spiro atoms. The largest absolute Gasteiger partial charge is 0.423 e. The molecule has 2 rings (SSSR count). The van der Waals surface area contributed by atoms with Gasteiger partial charge in [-0.15, -0.1) is 0 Å². The van der Waals surface area contributed by atoms with Gasteiger partial charge in [-0.1, -0.05) is 19.1 Å². The number of carbonyl (C=O) groups is 1. The summed E-state index contributed by atoms with van der Waals surface area (Å²) in [4.78, 5) is 11.5. The van der Waals surface area contributed by atoms with Crippen LogP contribution in [0.4, 0.5) is 45.2 Å². The van der Waals surface area contributed by atoms with E-state index in [-0.39, 0.29) is 36.3 Å². The predicted molar refractivity (Wildman–Crippen MR) is 108 cm³/mol. The highest BCUT2D eigenvalue weighted by atomic mass is 19.4. The summed E-state index contributed by atoms with van der Waals surface area (Å²) < 4.78 is 120. The number of alkyl halides is 9. The quantitative estimate of drug-likeness (QED) is 0.377. The molecule has 194 valence electrons. The number of aliphatic hydroxyl groups is 1. The highest BCUT2D eigenvalue weighted by molar-refractivity contribution is 5.75. The van der Waals surface area contributed by atoms with Crippen molar-refractivity contribution in [3.8, 4) is 0 Å². The van der Waals surface area contributed by atoms with Gasteiger partial charge in [0.2, 0.25) is 11.5 Å². The molecule has 1 amide bonds. The summed E-state index contributed by atoms with van der Waals surface area (Å²) in [5, 5.41) is 15.2. The highest BCUT2D eigenvalue weighted by Crippen LogP contribution is 2.44. The van der Waals surface area contributed by atoms with Crippen molar-refractivity contribution < 1.29 is 49.4 Å². The molecule has 4 nitrogen and oxygen atoms in total. The van der Waals surface area contributed by atoms with Crippen LogP contribution in [0.25, 0.3) is 0 Å². The van der Waals surface area contributed by atoms with Crippen LogP contribution in [0.15, 0.2) is 42.5 Å². The van der Waals surface area contributed by atoms with Crippen LogP contribution >= 0.6 is 0 Å². The van der Waals surface area contributed by atoms with Crippen molar-refractivity contribution in [1.82, 2.24) is 5.32 Å². The van der Waals surface area contributed by atoms with Crippen LogP contribution in [0.3, 0.4) is 0 Å². The maximum absolute atomic E-state index is 13.8. The number of halogens is 9. The number of anilines is 1. The summed E-state index contributed by atoms with van der Waals surface area (Å²) in [6.45, 7) is 0.475. The molecule has 3 N–H and O–H groups in total. The first-order valence-electron chi connectivity index (χ1n) is 10.2. The maximum atomic E-state index is 13.8. The van der Waals surface area contributed by atoms with E-state index >= 15 is 0 Å². The molecular formula is C22H21F9N2O2. The summed E-state index contributed by atoms with van der Waals surface area (Å²) in [5.41, 5.74) is -9.09. The first kappa shape index (κ1) is 28.3. The highest BCUT2D eigenvalue weighted by Gasteiger charge is 2.56. The summed E-state index contributed by atoms with van der Waals surface area (Å²) in [7, 11) is 0. The Labute approximate surface area is 194 Å². The van der Waals surface area contributed by atoms with Crippen LogP contribution in [0.5, 0.6) is 0 Å². The molecule has 0 saturated carbocycles. The molecule has 0 aromatic heterocycles. The van der Waals surface area contributed by atoms with Crippen molar-refractivity contribution in [3.63, 3.8) is 0 Å². The van der Waals surface area contributed by atoms with Gasteiger partial charge in [-0.05, 0) is 47.9 Å². The molecule has 0 unspecified atom stereocenters. The minimum Gasteiger partial charge on any atom is -0.381 e. The lowest BCUT2D eigenvalue weighted by Gasteiger charge is -2.32. The Morgan fingerprint density at radius 1 is 0.829 bits per heavy atom. The van der Waals surface area contributed by atoms with Crippen LogP contribution in [0.1, 0.15) is 42.0 Å². The van der Waals surface area contributed by atoms with Crippen molar-refractivity contribution in [2.24, 2.45) is 0 Å². The average molecular weight is 516 g/mol. The van der Waals surface area contributed by atoms with E-state index in [1.807, 2.05) is 6.92 Å². The van der Waals surface area contributed by atoms with E-state index in [0.717, 1.165) is 0 Å². The summed E-state index contributed by atoms with van der Waals surface area (Å²) >= 11 is 0. The normalized spacial score (nSPS) is 14.4. The fraction of sp³-hybridized carbons (Fsp3) is 0.409. The molecule has 35 heavy (non-hydrogen) atoms. The molecular weight excluding hydrogens is 495 g/mol. The van der Waals surface area contributed by atoms with Crippen molar-refractivity contribution in [1.29, 1.82) is 0 Å². The summed E-state index contributed by atoms with van der Waals surface area (Å²) in [6, 6.07) is 4.79. The number of hydrogen-bond donors (Lipinski definition) is 3. The Morgan fingerprint density at radius 3 is 1.74 bits per heavy atom. The third-order valence-electron chi connectivity index (χ3n) is 5.00. The molecule has 0 heterocycles. The number of hydrogen-bond acceptors (Lipinski definition) is 3. The fourth-order valence-electron chi connectivity index (χ4n) is 3.05. The number of nitrogens with one attached hydrogen (secondary N) is 2. The first-order valence-corrected chi connectivity index (χ1v) is 10.2. The van der Waals surface area contributed by atoms with Crippen molar-refractivity contribution in [3.05, 3.63) is 64.7 Å². The maximum Gasteiger partial charge on any atom is 0.423 e. The van der Waals surface area contributed by atoms with E-state index in [0.29, 0.717) is 18.4 Å². The molecule has 0 bridgehead atoms. The van der Waals surface area contributed by atoms with Crippen LogP contribution < -0.4 is 10.6 Å². The van der Waals surface area contributed by atoms with Crippen LogP contribution in [0.2, 0.25) is 0 Å². The van der Waals surface area contributed by atoms with Gasteiger partial charge in [-0.3, -0.25) is 4.79 Å². The van der Waals surface area contributed by atoms with Crippen molar-refractivity contribution in [2.75, 3.05) is 11.9 Å². The Morgan fingerprint density at radius 2 is 1.31 bits per heavy atom. The molecule has 2 aromatic carbocycles. The van der Waals surface area contributed by atoms with Gasteiger partial charge in [0.05, 0.1) is 17.7 Å². The lowest BCUT2D eigenvalue weighted by atomic mass is 9.89. The minimum atomic E-state index is -5.63. The fourth-order valence-corrected chi connectivity index (χ4v) is 3.05. The number of amides is 1. The molecule has 0 aliphatic heterocycles. The van der Waals surface area contributed by atoms with E-state index in [1.54, 1.807) is 0 Å². The van der Waals surface area contributed by atoms with Gasteiger partial charge in [0.25, 0.3) is 0 Å². The van der Waals surface area contributed by atoms with Gasteiger partial charge >= 0.3 is 18.5 Å². The van der Waals surface area contributed by atoms with Gasteiger partial charge in [0.1, 0.15) is 0 Å². The van der Waals surface area contributed by atoms with E-state index in [2.05, 4.69) is 10.6 Å². The Bertz CT molecular complexity index is 983. The second kappa shape index (κ2) is 10.3. The van der Waals surface area contributed by atoms with E-state index in [4.69, 9.17) is 0 Å². The topological polar surface area (TPSA) is 61.4 Å². The van der Waals surface area contributed by atoms with E-state index in [9.17, 15) is 49.4 Å². The minimum absolute atomic E-state index is 0.000620. The van der Waals surface area contributed by atoms with Gasteiger partial charge in [0, 0.05) is 18.7 Å². The lowest BCUT2D eigenvalue weighted by Crippen LogP contribution is -2.48. The van der Waals surface area contributed by atoms with E-state index < -0.39 is 47.4 Å². The van der Waals surface area contributed by atoms with Gasteiger partial charge in [-0.2, -0.15) is 39.5 Å². The molecule has 0 fully saturated rings. The van der Waals surface area contributed by atoms with Crippen LogP contribution in [-0.2, 0) is 29.3 Å². The number of rotatable bonds is 8. The zero-order valence-electron chi connectivity index (χ0n) is 18.1. The smallest absolute Gasteiger partial charge is 0.381 e. The molecule has 2 aromatic rings. The van der Waals surface area contributed by atoms with Gasteiger partial charge < -0.3 is 15.7 Å². The van der Waals surface area contributed by atoms with Crippen molar-refractivity contribution in [2.45, 2.75) is 50.4 Å². The predicted octanol–water partition coefficient (Wildman–Crippen LogP) is 6.00. The molecule has 0 radical (unpaired) electrons. The second-order valence-electron chi connectivity index (χ2n) is 7.73. The zero-order chi connectivity index (χ0) is 26.7. The Balaban J connectivity index is 2.33. The summed E-state index contributed by atoms with van der Waals surface area (Å²) in [6.07, 6.45) is -15.5. The monoisotopic (exact) mass is 516 g/mol. The van der Waals surface area contributed by atoms with Crippen LogP contribution in [-0.4, -0.2) is 23.7 Å². The molecule has 0 saturated heterocycles. The summed E-state index contributed by atoms with van der Waals surface area (Å²) in [5.74, 6) is -0.204. The third kappa shape index (κ3) is 7.26. The van der Waals surface area contributed by atoms with Crippen molar-refractivity contribution >= 4 is 11.6 Å². The third-order valence-corrected chi connectivity index (χ3v) is 5.00. The second-order valence-corrected chi connectivity index (χ2v) is 7.73. The number of benzene rings is 2.